The molecule has 1 aliphatic carbocycles. The first kappa shape index (κ1) is 27.5. The first-order chi connectivity index (χ1) is 16.6. The van der Waals surface area contributed by atoms with Crippen LogP contribution in [0.25, 0.3) is 0 Å². The quantitative estimate of drug-likeness (QED) is 0.294. The van der Waals surface area contributed by atoms with E-state index in [1.54, 1.807) is 18.2 Å². The first-order valence-electron chi connectivity index (χ1n) is 11.9. The van der Waals surface area contributed by atoms with Crippen LogP contribution in [0.4, 0.5) is 0 Å². The third kappa shape index (κ3) is 6.98. The highest BCUT2D eigenvalue weighted by atomic mass is 35.5. The molecule has 0 saturated carbocycles. The number of hydrogen-bond acceptors (Lipinski definition) is 4. The summed E-state index contributed by atoms with van der Waals surface area (Å²) >= 11 is 12.5. The Labute approximate surface area is 224 Å². The minimum atomic E-state index is 0. The van der Waals surface area contributed by atoms with Gasteiger partial charge in [0.2, 0.25) is 0 Å². The van der Waals surface area contributed by atoms with E-state index in [1.807, 2.05) is 42.5 Å². The molecule has 7 heteroatoms. The van der Waals surface area contributed by atoms with Crippen LogP contribution in [0.15, 0.2) is 60.7 Å². The standard InChI is InChI=1S/C28H31Cl2NO3.ClH/c1-2-15-31(16-17-33-28-24(29)9-6-10-25(28)30)22-12-13-23-21(18-22)11-14-26(32)27(23)34-19-20-7-4-3-5-8-20;/h3-11,14,22,32H,2,12-13,15-19H2,1H3;1H. The van der Waals surface area contributed by atoms with E-state index in [4.69, 9.17) is 32.7 Å². The highest BCUT2D eigenvalue weighted by Crippen LogP contribution is 2.38. The Morgan fingerprint density at radius 3 is 2.37 bits per heavy atom. The lowest BCUT2D eigenvalue weighted by Crippen LogP contribution is -2.42. The van der Waals surface area contributed by atoms with Gasteiger partial charge in [-0.3, -0.25) is 4.90 Å². The van der Waals surface area contributed by atoms with Crippen LogP contribution in [0.5, 0.6) is 17.2 Å². The summed E-state index contributed by atoms with van der Waals surface area (Å²) in [7, 11) is 0. The van der Waals surface area contributed by atoms with Gasteiger partial charge < -0.3 is 14.6 Å². The van der Waals surface area contributed by atoms with E-state index in [0.29, 0.717) is 40.8 Å². The molecule has 1 aliphatic rings. The van der Waals surface area contributed by atoms with Gasteiger partial charge in [-0.25, -0.2) is 0 Å². The zero-order valence-corrected chi connectivity index (χ0v) is 22.2. The summed E-state index contributed by atoms with van der Waals surface area (Å²) in [6.07, 6.45) is 3.86. The van der Waals surface area contributed by atoms with Crippen LogP contribution in [0.3, 0.4) is 0 Å². The van der Waals surface area contributed by atoms with Crippen molar-refractivity contribution < 1.29 is 14.6 Å². The lowest BCUT2D eigenvalue weighted by atomic mass is 9.86. The zero-order valence-electron chi connectivity index (χ0n) is 19.9. The van der Waals surface area contributed by atoms with E-state index in [0.717, 1.165) is 49.9 Å². The highest BCUT2D eigenvalue weighted by molar-refractivity contribution is 6.37. The van der Waals surface area contributed by atoms with Crippen LogP contribution in [0.2, 0.25) is 10.0 Å². The number of ether oxygens (including phenoxy) is 2. The fourth-order valence-electron chi connectivity index (χ4n) is 4.64. The summed E-state index contributed by atoms with van der Waals surface area (Å²) in [5, 5.41) is 11.6. The third-order valence-electron chi connectivity index (χ3n) is 6.32. The molecule has 0 bridgehead atoms. The number of para-hydroxylation sites is 1. The molecule has 0 aromatic heterocycles. The van der Waals surface area contributed by atoms with Crippen LogP contribution in [0, 0.1) is 0 Å². The maximum Gasteiger partial charge on any atom is 0.164 e. The number of halogens is 3. The van der Waals surface area contributed by atoms with Crippen molar-refractivity contribution >= 4 is 35.6 Å². The minimum Gasteiger partial charge on any atom is -0.504 e. The summed E-state index contributed by atoms with van der Waals surface area (Å²) in [4.78, 5) is 2.49. The van der Waals surface area contributed by atoms with Gasteiger partial charge in [0.05, 0.1) is 10.0 Å². The van der Waals surface area contributed by atoms with Gasteiger partial charge in [-0.15, -0.1) is 12.4 Å². The second kappa shape index (κ2) is 13.3. The maximum absolute atomic E-state index is 10.5. The monoisotopic (exact) mass is 535 g/mol. The molecule has 0 radical (unpaired) electrons. The highest BCUT2D eigenvalue weighted by Gasteiger charge is 2.27. The lowest BCUT2D eigenvalue weighted by Gasteiger charge is -2.35. The van der Waals surface area contributed by atoms with Crippen LogP contribution in [-0.2, 0) is 19.4 Å². The molecule has 0 spiro atoms. The molecule has 1 unspecified atom stereocenters. The number of phenols is 1. The molecule has 0 heterocycles. The van der Waals surface area contributed by atoms with Crippen LogP contribution in [-0.4, -0.2) is 35.7 Å². The number of rotatable bonds is 10. The summed E-state index contributed by atoms with van der Waals surface area (Å²) in [6, 6.07) is 19.6. The molecule has 0 saturated heterocycles. The zero-order chi connectivity index (χ0) is 23.9. The molecule has 188 valence electrons. The van der Waals surface area contributed by atoms with Gasteiger partial charge in [0.15, 0.2) is 17.2 Å². The third-order valence-corrected chi connectivity index (χ3v) is 6.91. The van der Waals surface area contributed by atoms with Gasteiger partial charge in [-0.1, -0.05) is 72.6 Å². The second-order valence-electron chi connectivity index (χ2n) is 8.66. The molecular weight excluding hydrogens is 505 g/mol. The molecule has 0 amide bonds. The number of hydrogen-bond donors (Lipinski definition) is 1. The van der Waals surface area contributed by atoms with Crippen molar-refractivity contribution in [1.82, 2.24) is 4.90 Å². The molecule has 1 atom stereocenters. The van der Waals surface area contributed by atoms with Gasteiger partial charge >= 0.3 is 0 Å². The van der Waals surface area contributed by atoms with Gasteiger partial charge in [-0.2, -0.15) is 0 Å². The molecule has 4 rings (SSSR count). The van der Waals surface area contributed by atoms with Crippen LogP contribution in [0.1, 0.15) is 36.5 Å². The minimum absolute atomic E-state index is 0. The van der Waals surface area contributed by atoms with E-state index in [-0.39, 0.29) is 18.2 Å². The molecule has 0 aliphatic heterocycles. The van der Waals surface area contributed by atoms with E-state index in [9.17, 15) is 5.11 Å². The van der Waals surface area contributed by atoms with E-state index >= 15 is 0 Å². The van der Waals surface area contributed by atoms with Gasteiger partial charge in [0, 0.05) is 18.2 Å². The van der Waals surface area contributed by atoms with Crippen molar-refractivity contribution in [3.8, 4) is 17.2 Å². The Kier molecular flexibility index (Phi) is 10.4. The van der Waals surface area contributed by atoms with Crippen molar-refractivity contribution in [1.29, 1.82) is 0 Å². The van der Waals surface area contributed by atoms with E-state index < -0.39 is 0 Å². The fraction of sp³-hybridized carbons (Fsp3) is 0.357. The smallest absolute Gasteiger partial charge is 0.164 e. The Morgan fingerprint density at radius 1 is 0.914 bits per heavy atom. The van der Waals surface area contributed by atoms with Crippen molar-refractivity contribution in [3.05, 3.63) is 87.4 Å². The predicted octanol–water partition coefficient (Wildman–Crippen LogP) is 7.35. The number of nitrogens with zero attached hydrogens (tertiary/aromatic N) is 1. The lowest BCUT2D eigenvalue weighted by molar-refractivity contribution is 0.147. The van der Waals surface area contributed by atoms with E-state index in [1.165, 1.54) is 5.56 Å². The average molecular weight is 537 g/mol. The molecule has 4 nitrogen and oxygen atoms in total. The molecule has 0 fully saturated rings. The van der Waals surface area contributed by atoms with Crippen LogP contribution >= 0.6 is 35.6 Å². The average Bonchev–Trinajstić information content (AvgIpc) is 2.85. The van der Waals surface area contributed by atoms with Crippen molar-refractivity contribution in [2.75, 3.05) is 19.7 Å². The fourth-order valence-corrected chi connectivity index (χ4v) is 5.15. The van der Waals surface area contributed by atoms with Crippen molar-refractivity contribution in [2.45, 2.75) is 45.3 Å². The summed E-state index contributed by atoms with van der Waals surface area (Å²) in [6.45, 7) is 4.95. The first-order valence-corrected chi connectivity index (χ1v) is 12.6. The maximum atomic E-state index is 10.5. The summed E-state index contributed by atoms with van der Waals surface area (Å²) in [5.74, 6) is 1.38. The molecule has 3 aromatic carbocycles. The largest absolute Gasteiger partial charge is 0.504 e. The van der Waals surface area contributed by atoms with Gasteiger partial charge in [0.1, 0.15) is 13.2 Å². The number of benzene rings is 3. The second-order valence-corrected chi connectivity index (χ2v) is 9.47. The molecule has 35 heavy (non-hydrogen) atoms. The summed E-state index contributed by atoms with van der Waals surface area (Å²) in [5.41, 5.74) is 3.46. The number of phenolic OH excluding ortho intramolecular Hbond substituents is 1. The Balaban J connectivity index is 0.00000342. The predicted molar refractivity (Wildman–Crippen MR) is 146 cm³/mol. The molecule has 1 N–H and O–H groups in total. The molecule has 3 aromatic rings. The topological polar surface area (TPSA) is 41.9 Å². The van der Waals surface area contributed by atoms with Crippen LogP contribution < -0.4 is 9.47 Å². The van der Waals surface area contributed by atoms with Crippen molar-refractivity contribution in [2.24, 2.45) is 0 Å². The van der Waals surface area contributed by atoms with Crippen molar-refractivity contribution in [3.63, 3.8) is 0 Å². The van der Waals surface area contributed by atoms with Gasteiger partial charge in [-0.05, 0) is 61.6 Å². The Hall–Kier alpha value is -2.11. The number of fused-ring (bicyclic) bond motifs is 1. The molecular formula is C28H32Cl3NO3. The Bertz CT molecular complexity index is 1070. The van der Waals surface area contributed by atoms with E-state index in [2.05, 4.69) is 11.8 Å². The number of aromatic hydroxyl groups is 1. The summed E-state index contributed by atoms with van der Waals surface area (Å²) < 4.78 is 12.0. The SMILES string of the molecule is CCCN(CCOc1c(Cl)cccc1Cl)C1CCc2c(ccc(O)c2OCc2ccccc2)C1.Cl. The Morgan fingerprint density at radius 2 is 1.66 bits per heavy atom. The van der Waals surface area contributed by atoms with Gasteiger partial charge in [0.25, 0.3) is 0 Å². The normalized spacial score (nSPS) is 14.8.